The van der Waals surface area contributed by atoms with Crippen LogP contribution in [0.2, 0.25) is 0 Å². The molecule has 2 aromatic carbocycles. The maximum atomic E-state index is 12.2. The van der Waals surface area contributed by atoms with E-state index in [1.54, 1.807) is 18.3 Å². The normalized spacial score (nSPS) is 11.1. The van der Waals surface area contributed by atoms with Gasteiger partial charge in [0.25, 0.3) is 11.6 Å². The van der Waals surface area contributed by atoms with Crippen molar-refractivity contribution in [2.45, 2.75) is 13.3 Å². The van der Waals surface area contributed by atoms with Crippen molar-refractivity contribution in [1.82, 2.24) is 5.43 Å². The zero-order chi connectivity index (χ0) is 17.8. The minimum Gasteiger partial charge on any atom is -0.266 e. The number of nitrogens with one attached hydrogen (secondary N) is 1. The summed E-state index contributed by atoms with van der Waals surface area (Å²) in [7, 11) is 0. The molecule has 0 atom stereocenters. The van der Waals surface area contributed by atoms with Crippen molar-refractivity contribution < 1.29 is 9.72 Å². The minimum absolute atomic E-state index is 0.00538. The highest BCUT2D eigenvalue weighted by Crippen LogP contribution is 2.28. The van der Waals surface area contributed by atoms with E-state index in [1.807, 2.05) is 24.3 Å². The first-order valence-corrected chi connectivity index (χ1v) is 8.49. The monoisotopic (exact) mass is 353 g/mol. The summed E-state index contributed by atoms with van der Waals surface area (Å²) in [5.74, 6) is -0.342. The number of aryl methyl sites for hydroxylation is 1. The summed E-state index contributed by atoms with van der Waals surface area (Å²) >= 11 is 1.27. The molecule has 0 radical (unpaired) electrons. The van der Waals surface area contributed by atoms with Gasteiger partial charge in [0.1, 0.15) is 0 Å². The van der Waals surface area contributed by atoms with Crippen LogP contribution in [0.5, 0.6) is 0 Å². The van der Waals surface area contributed by atoms with E-state index in [-0.39, 0.29) is 11.6 Å². The molecule has 0 aliphatic rings. The van der Waals surface area contributed by atoms with E-state index in [4.69, 9.17) is 0 Å². The molecule has 0 unspecified atom stereocenters. The number of nitro groups is 1. The summed E-state index contributed by atoms with van der Waals surface area (Å²) in [6, 6.07) is 14.1. The van der Waals surface area contributed by atoms with Gasteiger partial charge in [-0.25, -0.2) is 5.43 Å². The Balaban J connectivity index is 1.71. The van der Waals surface area contributed by atoms with Gasteiger partial charge in [-0.2, -0.15) is 5.10 Å². The fraction of sp³-hybridized carbons (Fsp3) is 0.111. The van der Waals surface area contributed by atoms with Gasteiger partial charge in [-0.1, -0.05) is 31.2 Å². The van der Waals surface area contributed by atoms with Crippen LogP contribution < -0.4 is 5.43 Å². The molecule has 1 heterocycles. The molecule has 3 aromatic rings. The summed E-state index contributed by atoms with van der Waals surface area (Å²) in [6.07, 6.45) is 2.55. The Hall–Kier alpha value is -3.06. The molecule has 0 aliphatic carbocycles. The molecule has 3 rings (SSSR count). The van der Waals surface area contributed by atoms with Gasteiger partial charge in [0, 0.05) is 22.2 Å². The van der Waals surface area contributed by atoms with E-state index in [1.165, 1.54) is 29.0 Å². The SMILES string of the molecule is CCc1ccc(C=NNC(=O)c2cc3cc([N+](=O)[O-])ccc3s2)cc1. The summed E-state index contributed by atoms with van der Waals surface area (Å²) in [6.45, 7) is 2.09. The Kier molecular flexibility index (Phi) is 4.85. The maximum Gasteiger partial charge on any atom is 0.281 e. The number of thiophene rings is 1. The third-order valence-electron chi connectivity index (χ3n) is 3.70. The molecular weight excluding hydrogens is 338 g/mol. The van der Waals surface area contributed by atoms with E-state index in [2.05, 4.69) is 17.5 Å². The van der Waals surface area contributed by atoms with Crippen molar-refractivity contribution in [2.24, 2.45) is 5.10 Å². The molecule has 0 saturated carbocycles. The summed E-state index contributed by atoms with van der Waals surface area (Å²) in [5, 5.41) is 15.4. The molecule has 6 nitrogen and oxygen atoms in total. The average molecular weight is 353 g/mol. The Labute approximate surface area is 148 Å². The predicted molar refractivity (Wildman–Crippen MR) is 99.4 cm³/mol. The van der Waals surface area contributed by atoms with E-state index in [0.29, 0.717) is 10.3 Å². The van der Waals surface area contributed by atoms with Crippen molar-refractivity contribution in [1.29, 1.82) is 0 Å². The lowest BCUT2D eigenvalue weighted by molar-refractivity contribution is -0.384. The molecule has 0 spiro atoms. The van der Waals surface area contributed by atoms with E-state index >= 15 is 0 Å². The molecule has 7 heteroatoms. The second-order valence-corrected chi connectivity index (χ2v) is 6.47. The van der Waals surface area contributed by atoms with Crippen molar-refractivity contribution in [3.8, 4) is 0 Å². The number of carbonyl (C=O) groups excluding carboxylic acids is 1. The van der Waals surface area contributed by atoms with Crippen molar-refractivity contribution in [3.05, 3.63) is 74.6 Å². The van der Waals surface area contributed by atoms with Gasteiger partial charge in [0.2, 0.25) is 0 Å². The van der Waals surface area contributed by atoms with E-state index in [0.717, 1.165) is 16.7 Å². The zero-order valence-electron chi connectivity index (χ0n) is 13.4. The number of hydrazone groups is 1. The van der Waals surface area contributed by atoms with Crippen LogP contribution in [0.3, 0.4) is 0 Å². The zero-order valence-corrected chi connectivity index (χ0v) is 14.2. The van der Waals surface area contributed by atoms with Crippen molar-refractivity contribution in [2.75, 3.05) is 0 Å². The molecule has 0 bridgehead atoms. The smallest absolute Gasteiger partial charge is 0.266 e. The van der Waals surface area contributed by atoms with Gasteiger partial charge in [-0.15, -0.1) is 11.3 Å². The van der Waals surface area contributed by atoms with Crippen LogP contribution in [-0.2, 0) is 6.42 Å². The van der Waals surface area contributed by atoms with Crippen LogP contribution in [-0.4, -0.2) is 17.0 Å². The van der Waals surface area contributed by atoms with E-state index in [9.17, 15) is 14.9 Å². The van der Waals surface area contributed by atoms with Crippen LogP contribution in [0.25, 0.3) is 10.1 Å². The highest BCUT2D eigenvalue weighted by atomic mass is 32.1. The fourth-order valence-electron chi connectivity index (χ4n) is 2.32. The van der Waals surface area contributed by atoms with Gasteiger partial charge in [0.05, 0.1) is 16.0 Å². The van der Waals surface area contributed by atoms with Crippen LogP contribution in [0, 0.1) is 10.1 Å². The first-order valence-electron chi connectivity index (χ1n) is 7.67. The fourth-order valence-corrected chi connectivity index (χ4v) is 3.25. The van der Waals surface area contributed by atoms with Gasteiger partial charge in [-0.05, 0) is 29.7 Å². The lowest BCUT2D eigenvalue weighted by Crippen LogP contribution is -2.16. The Morgan fingerprint density at radius 2 is 2.00 bits per heavy atom. The molecular formula is C18H15N3O3S. The van der Waals surface area contributed by atoms with Gasteiger partial charge in [0.15, 0.2) is 0 Å². The standard InChI is InChI=1S/C18H15N3O3S/c1-2-12-3-5-13(6-4-12)11-19-20-18(22)17-10-14-9-15(21(23)24)7-8-16(14)25-17/h3-11H,2H2,1H3,(H,20,22). The maximum absolute atomic E-state index is 12.2. The van der Waals surface area contributed by atoms with E-state index < -0.39 is 4.92 Å². The molecule has 126 valence electrons. The summed E-state index contributed by atoms with van der Waals surface area (Å²) in [5.41, 5.74) is 4.62. The molecule has 1 N–H and O–H groups in total. The molecule has 25 heavy (non-hydrogen) atoms. The third kappa shape index (κ3) is 3.89. The van der Waals surface area contributed by atoms with Crippen LogP contribution in [0.1, 0.15) is 27.7 Å². The highest BCUT2D eigenvalue weighted by Gasteiger charge is 2.12. The van der Waals surface area contributed by atoms with Crippen LogP contribution in [0.15, 0.2) is 53.6 Å². The number of benzene rings is 2. The third-order valence-corrected chi connectivity index (χ3v) is 4.82. The Morgan fingerprint density at radius 3 is 2.68 bits per heavy atom. The number of carbonyl (C=O) groups is 1. The Bertz CT molecular complexity index is 961. The highest BCUT2D eigenvalue weighted by molar-refractivity contribution is 7.20. The second kappa shape index (κ2) is 7.23. The average Bonchev–Trinajstić information content (AvgIpc) is 3.05. The number of hydrogen-bond acceptors (Lipinski definition) is 5. The number of fused-ring (bicyclic) bond motifs is 1. The Morgan fingerprint density at radius 1 is 1.24 bits per heavy atom. The largest absolute Gasteiger partial charge is 0.281 e. The summed E-state index contributed by atoms with van der Waals surface area (Å²) in [4.78, 5) is 23.0. The number of nitro benzene ring substituents is 1. The molecule has 0 fully saturated rings. The number of rotatable bonds is 5. The summed E-state index contributed by atoms with van der Waals surface area (Å²) < 4.78 is 0.815. The lowest BCUT2D eigenvalue weighted by atomic mass is 10.1. The van der Waals surface area contributed by atoms with Gasteiger partial charge >= 0.3 is 0 Å². The second-order valence-electron chi connectivity index (χ2n) is 5.38. The lowest BCUT2D eigenvalue weighted by Gasteiger charge is -1.98. The van der Waals surface area contributed by atoms with Crippen LogP contribution in [0.4, 0.5) is 5.69 Å². The topological polar surface area (TPSA) is 84.6 Å². The number of hydrogen-bond donors (Lipinski definition) is 1. The minimum atomic E-state index is -0.453. The number of amides is 1. The molecule has 1 aromatic heterocycles. The molecule has 1 amide bonds. The van der Waals surface area contributed by atoms with Gasteiger partial charge in [-0.3, -0.25) is 14.9 Å². The van der Waals surface area contributed by atoms with Crippen LogP contribution >= 0.6 is 11.3 Å². The first kappa shape index (κ1) is 16.8. The first-order chi connectivity index (χ1) is 12.1. The quantitative estimate of drug-likeness (QED) is 0.425. The molecule has 0 saturated heterocycles. The van der Waals surface area contributed by atoms with Crippen molar-refractivity contribution >= 4 is 39.2 Å². The predicted octanol–water partition coefficient (Wildman–Crippen LogP) is 4.14. The van der Waals surface area contributed by atoms with Gasteiger partial charge < -0.3 is 0 Å². The molecule has 0 aliphatic heterocycles. The van der Waals surface area contributed by atoms with Crippen molar-refractivity contribution in [3.63, 3.8) is 0 Å². The number of nitrogens with zero attached hydrogens (tertiary/aromatic N) is 2. The number of non-ortho nitro benzene ring substituents is 1.